The van der Waals surface area contributed by atoms with Gasteiger partial charge in [-0.2, -0.15) is 9.26 Å². The highest BCUT2D eigenvalue weighted by molar-refractivity contribution is 14.1. The number of hydrogen-bond donors (Lipinski definition) is 0. The van der Waals surface area contributed by atoms with Gasteiger partial charge in [-0.15, -0.1) is 5.10 Å². The smallest absolute Gasteiger partial charge is 0.218 e. The van der Waals surface area contributed by atoms with Gasteiger partial charge in [-0.25, -0.2) is 8.42 Å². The summed E-state index contributed by atoms with van der Waals surface area (Å²) in [4.78, 5) is 3.46. The molecule has 1 aliphatic carbocycles. The number of rotatable bonds is 15. The SMILES string of the molecule is CCCCC[N+]1=C(/C=C/C2=C(Sc3nnnn3-c3ccccc3)C(=C/C=C3/N(CCCCS(=O)(=O)[O-])c4ccc(I)cc4C3(C)C)/CC2)C(C)(C)c2cc(I)ccc21. The predicted molar refractivity (Wildman–Crippen MR) is 251 cm³/mol. The van der Waals surface area contributed by atoms with Crippen LogP contribution in [0.3, 0.4) is 0 Å². The molecule has 1 aromatic heterocycles. The van der Waals surface area contributed by atoms with Crippen LogP contribution in [-0.4, -0.2) is 62.3 Å². The molecule has 0 atom stereocenters. The van der Waals surface area contributed by atoms with Crippen molar-refractivity contribution >= 4 is 84.1 Å². The molecule has 0 unspecified atom stereocenters. The van der Waals surface area contributed by atoms with E-state index in [1.807, 2.05) is 30.3 Å². The summed E-state index contributed by atoms with van der Waals surface area (Å²) in [5, 5.41) is 13.7. The molecule has 2 aliphatic heterocycles. The van der Waals surface area contributed by atoms with Gasteiger partial charge in [0, 0.05) is 65.3 Å². The summed E-state index contributed by atoms with van der Waals surface area (Å²) in [7, 11) is -4.27. The summed E-state index contributed by atoms with van der Waals surface area (Å²) >= 11 is 6.40. The van der Waals surface area contributed by atoms with Crippen LogP contribution in [0.25, 0.3) is 5.69 Å². The molecule has 0 fully saturated rings. The van der Waals surface area contributed by atoms with Crippen LogP contribution in [0.2, 0.25) is 0 Å². The lowest BCUT2D eigenvalue weighted by Gasteiger charge is -2.27. The number of allylic oxidation sites excluding steroid dienone is 7. The molecule has 0 radical (unpaired) electrons. The van der Waals surface area contributed by atoms with Crippen molar-refractivity contribution < 1.29 is 17.5 Å². The molecular weight excluding hydrogens is 990 g/mol. The van der Waals surface area contributed by atoms with Crippen molar-refractivity contribution in [3.05, 3.63) is 131 Å². The number of para-hydroxylation sites is 1. The molecule has 0 amide bonds. The van der Waals surface area contributed by atoms with Crippen molar-refractivity contribution in [2.75, 3.05) is 23.7 Å². The fraction of sp³-hybridized carbons (Fsp3) is 0.378. The van der Waals surface area contributed by atoms with E-state index >= 15 is 0 Å². The van der Waals surface area contributed by atoms with E-state index in [4.69, 9.17) is 0 Å². The standard InChI is InChI=1S/C45H50I2N6O3S2/c1-6-7-11-26-51-38-22-20-33(46)29-36(38)44(2,3)40(51)24-18-31-16-17-32(42(31)57-43-48-49-50-53(43)35-14-9-8-10-15-35)19-25-41-45(4,5)37-30-34(47)21-23-39(37)52(41)27-12-13-28-58(54,55)56/h8-10,14-15,18-25,29-30H,6-7,11-13,16-17,26-28H2,1-5H3. The average Bonchev–Trinajstić information content (AvgIpc) is 3.90. The molecule has 0 saturated heterocycles. The number of aromatic nitrogens is 4. The molecule has 0 bridgehead atoms. The molecule has 0 N–H and O–H groups in total. The molecule has 304 valence electrons. The highest BCUT2D eigenvalue weighted by atomic mass is 127. The summed E-state index contributed by atoms with van der Waals surface area (Å²) in [6, 6.07) is 23.4. The van der Waals surface area contributed by atoms with E-state index < -0.39 is 10.1 Å². The first kappa shape index (κ1) is 43.0. The predicted octanol–water partition coefficient (Wildman–Crippen LogP) is 10.8. The molecule has 7 rings (SSSR count). The quantitative estimate of drug-likeness (QED) is 0.0502. The molecular formula is C45H50I2N6O3S2. The van der Waals surface area contributed by atoms with Gasteiger partial charge in [-0.1, -0.05) is 57.5 Å². The maximum atomic E-state index is 11.4. The molecule has 0 saturated carbocycles. The molecule has 13 heteroatoms. The maximum Gasteiger partial charge on any atom is 0.218 e. The van der Waals surface area contributed by atoms with Crippen LogP contribution in [0.5, 0.6) is 0 Å². The van der Waals surface area contributed by atoms with Crippen molar-refractivity contribution in [2.24, 2.45) is 0 Å². The van der Waals surface area contributed by atoms with E-state index in [1.54, 1.807) is 16.4 Å². The number of hydrogen-bond acceptors (Lipinski definition) is 8. The van der Waals surface area contributed by atoms with Gasteiger partial charge in [-0.3, -0.25) is 0 Å². The molecule has 3 heterocycles. The Bertz CT molecular complexity index is 2470. The van der Waals surface area contributed by atoms with E-state index in [0.29, 0.717) is 24.5 Å². The Kier molecular flexibility index (Phi) is 13.2. The van der Waals surface area contributed by atoms with E-state index in [-0.39, 0.29) is 16.6 Å². The minimum Gasteiger partial charge on any atom is -0.748 e. The average molecular weight is 1040 g/mol. The van der Waals surface area contributed by atoms with Crippen LogP contribution in [0.15, 0.2) is 118 Å². The van der Waals surface area contributed by atoms with Crippen molar-refractivity contribution in [3.63, 3.8) is 0 Å². The number of halogens is 2. The Labute approximate surface area is 374 Å². The third kappa shape index (κ3) is 9.13. The van der Waals surface area contributed by atoms with Gasteiger partial charge >= 0.3 is 0 Å². The number of unbranched alkanes of at least 4 members (excludes halogenated alkanes) is 3. The van der Waals surface area contributed by atoms with Crippen LogP contribution in [0.4, 0.5) is 11.4 Å². The normalized spacial score (nSPS) is 18.7. The third-order valence-electron chi connectivity index (χ3n) is 11.5. The number of fused-ring (bicyclic) bond motifs is 2. The summed E-state index contributed by atoms with van der Waals surface area (Å²) in [5.74, 6) is -0.352. The minimum absolute atomic E-state index is 0.158. The molecule has 3 aliphatic rings. The minimum atomic E-state index is -4.27. The van der Waals surface area contributed by atoms with Gasteiger partial charge in [0.1, 0.15) is 6.54 Å². The first-order chi connectivity index (χ1) is 27.7. The zero-order valence-electron chi connectivity index (χ0n) is 33.7. The van der Waals surface area contributed by atoms with Crippen molar-refractivity contribution in [2.45, 2.75) is 95.6 Å². The first-order valence-corrected chi connectivity index (χ1v) is 24.5. The molecule has 9 nitrogen and oxygen atoms in total. The Morgan fingerprint density at radius 1 is 0.879 bits per heavy atom. The van der Waals surface area contributed by atoms with Crippen LogP contribution in [0.1, 0.15) is 90.7 Å². The zero-order valence-corrected chi connectivity index (χ0v) is 39.7. The number of tetrazole rings is 1. The van der Waals surface area contributed by atoms with Crippen LogP contribution < -0.4 is 4.90 Å². The summed E-state index contributed by atoms with van der Waals surface area (Å²) in [6.07, 6.45) is 15.4. The highest BCUT2D eigenvalue weighted by Crippen LogP contribution is 2.49. The second-order valence-electron chi connectivity index (χ2n) is 16.2. The van der Waals surface area contributed by atoms with Gasteiger partial charge in [0.05, 0.1) is 21.2 Å². The molecule has 0 spiro atoms. The first-order valence-electron chi connectivity index (χ1n) is 20.0. The Morgan fingerprint density at radius 2 is 1.62 bits per heavy atom. The number of thioether (sulfide) groups is 1. The largest absolute Gasteiger partial charge is 0.748 e. The highest BCUT2D eigenvalue weighted by Gasteiger charge is 2.44. The third-order valence-corrected chi connectivity index (χ3v) is 14.8. The maximum absolute atomic E-state index is 11.4. The summed E-state index contributed by atoms with van der Waals surface area (Å²) in [5.41, 5.74) is 10.4. The van der Waals surface area contributed by atoms with Gasteiger partial charge in [-0.05, 0) is 179 Å². The second-order valence-corrected chi connectivity index (χ2v) is 21.2. The fourth-order valence-electron chi connectivity index (χ4n) is 8.42. The Hall–Kier alpha value is -3.12. The Morgan fingerprint density at radius 3 is 2.36 bits per heavy atom. The zero-order chi connectivity index (χ0) is 41.2. The van der Waals surface area contributed by atoms with E-state index in [1.165, 1.54) is 50.1 Å². The van der Waals surface area contributed by atoms with Crippen molar-refractivity contribution in [1.29, 1.82) is 0 Å². The van der Waals surface area contributed by atoms with E-state index in [9.17, 15) is 13.0 Å². The fourth-order valence-corrected chi connectivity index (χ4v) is 11.1. The van der Waals surface area contributed by atoms with Gasteiger partial charge in [0.2, 0.25) is 10.8 Å². The van der Waals surface area contributed by atoms with Gasteiger partial charge in [0.15, 0.2) is 5.71 Å². The van der Waals surface area contributed by atoms with E-state index in [2.05, 4.69) is 166 Å². The number of nitrogens with zero attached hydrogens (tertiary/aromatic N) is 6. The summed E-state index contributed by atoms with van der Waals surface area (Å²) < 4.78 is 41.0. The van der Waals surface area contributed by atoms with Gasteiger partial charge < -0.3 is 9.45 Å². The molecule has 3 aromatic carbocycles. The second kappa shape index (κ2) is 17.8. The molecule has 4 aromatic rings. The van der Waals surface area contributed by atoms with Crippen LogP contribution >= 0.6 is 56.9 Å². The number of benzene rings is 3. The Balaban J connectivity index is 1.30. The van der Waals surface area contributed by atoms with Crippen molar-refractivity contribution in [3.8, 4) is 5.69 Å². The molecule has 58 heavy (non-hydrogen) atoms. The lowest BCUT2D eigenvalue weighted by molar-refractivity contribution is -0.438. The lowest BCUT2D eigenvalue weighted by atomic mass is 9.81. The van der Waals surface area contributed by atoms with Crippen LogP contribution in [0, 0.1) is 7.14 Å². The number of anilines is 1. The van der Waals surface area contributed by atoms with E-state index in [0.717, 1.165) is 51.4 Å². The van der Waals surface area contributed by atoms with Crippen molar-refractivity contribution in [1.82, 2.24) is 20.2 Å². The van der Waals surface area contributed by atoms with Gasteiger partial charge in [0.25, 0.3) is 0 Å². The topological polar surface area (TPSA) is 107 Å². The monoisotopic (exact) mass is 1040 g/mol. The van der Waals surface area contributed by atoms with Crippen LogP contribution in [-0.2, 0) is 20.9 Å². The lowest BCUT2D eigenvalue weighted by Crippen LogP contribution is -2.28. The summed E-state index contributed by atoms with van der Waals surface area (Å²) in [6.45, 7) is 13.1.